The van der Waals surface area contributed by atoms with Gasteiger partial charge in [0.15, 0.2) is 11.2 Å². The number of alkyl halides is 6. The van der Waals surface area contributed by atoms with Gasteiger partial charge in [0.05, 0.1) is 5.56 Å². The lowest BCUT2D eigenvalue weighted by molar-refractivity contribution is -0.274. The number of carbonyl (C=O) groups is 1. The number of fused-ring (bicyclic) bond motifs is 1. The third-order valence-electron chi connectivity index (χ3n) is 7.87. The zero-order valence-corrected chi connectivity index (χ0v) is 21.1. The van der Waals surface area contributed by atoms with Gasteiger partial charge in [-0.15, -0.1) is 13.2 Å². The summed E-state index contributed by atoms with van der Waals surface area (Å²) in [5.41, 5.74) is 5.20. The highest BCUT2D eigenvalue weighted by atomic mass is 19.4. The first-order valence-electron chi connectivity index (χ1n) is 12.8. The predicted molar refractivity (Wildman–Crippen MR) is 132 cm³/mol. The fourth-order valence-corrected chi connectivity index (χ4v) is 5.62. The van der Waals surface area contributed by atoms with E-state index in [0.29, 0.717) is 42.9 Å². The minimum atomic E-state index is -4.87. The highest BCUT2D eigenvalue weighted by Gasteiger charge is 2.55. The lowest BCUT2D eigenvalue weighted by Crippen LogP contribution is -2.47. The number of nitrogens with two attached hydrogens (primary N) is 1. The van der Waals surface area contributed by atoms with Crippen LogP contribution < -0.4 is 10.5 Å². The number of ether oxygens (including phenoxy) is 1. The van der Waals surface area contributed by atoms with E-state index in [0.717, 1.165) is 17.7 Å². The minimum absolute atomic E-state index is 0.0345. The van der Waals surface area contributed by atoms with Crippen molar-refractivity contribution in [1.82, 2.24) is 19.9 Å². The van der Waals surface area contributed by atoms with Crippen LogP contribution in [0.4, 0.5) is 32.0 Å². The van der Waals surface area contributed by atoms with Gasteiger partial charge in [-0.05, 0) is 68.2 Å². The molecule has 1 aliphatic heterocycles. The van der Waals surface area contributed by atoms with Gasteiger partial charge in [0.25, 0.3) is 5.91 Å². The van der Waals surface area contributed by atoms with Crippen LogP contribution in [0.3, 0.4) is 0 Å². The maximum Gasteiger partial charge on any atom is 0.573 e. The summed E-state index contributed by atoms with van der Waals surface area (Å²) >= 11 is 0. The Morgan fingerprint density at radius 3 is 2.33 bits per heavy atom. The Kier molecular flexibility index (Phi) is 7.09. The number of aliphatic hydroxyl groups is 1. The number of halogens is 6. The molecule has 3 aromatic rings. The number of hydrogen-bond donors (Lipinski definition) is 3. The Morgan fingerprint density at radius 2 is 1.73 bits per heavy atom. The predicted octanol–water partition coefficient (Wildman–Crippen LogP) is 5.41. The molecule has 0 radical (unpaired) electrons. The third-order valence-corrected chi connectivity index (χ3v) is 7.87. The summed E-state index contributed by atoms with van der Waals surface area (Å²) in [6.07, 6.45) is -7.26. The highest BCUT2D eigenvalue weighted by molar-refractivity contribution is 5.99. The number of hydrogen-bond acceptors (Lipinski definition) is 6. The van der Waals surface area contributed by atoms with E-state index in [1.807, 2.05) is 6.07 Å². The molecule has 4 N–H and O–H groups in total. The van der Waals surface area contributed by atoms with E-state index < -0.39 is 42.6 Å². The van der Waals surface area contributed by atoms with Crippen LogP contribution in [0.25, 0.3) is 11.2 Å². The van der Waals surface area contributed by atoms with Crippen molar-refractivity contribution in [2.75, 3.05) is 18.8 Å². The number of amides is 1. The minimum Gasteiger partial charge on any atom is -0.406 e. The van der Waals surface area contributed by atoms with E-state index in [9.17, 15) is 36.2 Å². The number of likely N-dealkylation sites (tertiary alicyclic amines) is 1. The molecule has 0 atom stereocenters. The molecular weight excluding hydrogens is 544 g/mol. The lowest BCUT2D eigenvalue weighted by Gasteiger charge is -2.36. The molecule has 5 rings (SSSR count). The molecule has 2 aromatic heterocycles. The van der Waals surface area contributed by atoms with E-state index in [4.69, 9.17) is 10.7 Å². The quantitative estimate of drug-likeness (QED) is 0.285. The Hall–Kier alpha value is -3.55. The lowest BCUT2D eigenvalue weighted by atomic mass is 9.78. The van der Waals surface area contributed by atoms with Crippen molar-refractivity contribution in [1.29, 1.82) is 0 Å². The second-order valence-corrected chi connectivity index (χ2v) is 10.4. The number of nitrogens with one attached hydrogen (secondary N) is 1. The summed E-state index contributed by atoms with van der Waals surface area (Å²) in [4.78, 5) is 26.8. The number of nitrogen functional groups attached to an aromatic ring is 1. The molecule has 0 unspecified atom stereocenters. The van der Waals surface area contributed by atoms with E-state index in [1.54, 1.807) is 11.1 Å². The topological polar surface area (TPSA) is 117 Å². The number of anilines is 1. The van der Waals surface area contributed by atoms with Crippen LogP contribution in [0.15, 0.2) is 30.5 Å². The Balaban J connectivity index is 1.25. The average molecular weight is 572 g/mol. The van der Waals surface area contributed by atoms with Crippen molar-refractivity contribution < 1.29 is 41.0 Å². The molecule has 1 saturated carbocycles. The second-order valence-electron chi connectivity index (χ2n) is 10.4. The van der Waals surface area contributed by atoms with Crippen molar-refractivity contribution >= 4 is 22.8 Å². The van der Waals surface area contributed by atoms with Crippen LogP contribution in [0.2, 0.25) is 0 Å². The molecule has 8 nitrogen and oxygen atoms in total. The van der Waals surface area contributed by atoms with Gasteiger partial charge >= 0.3 is 12.5 Å². The largest absolute Gasteiger partial charge is 0.573 e. The number of pyridine rings is 1. The number of carbonyl (C=O) groups excluding carboxylic acids is 1. The van der Waals surface area contributed by atoms with Gasteiger partial charge in [-0.3, -0.25) is 4.79 Å². The normalized spacial score (nSPS) is 23.0. The molecule has 1 amide bonds. The number of benzene rings is 1. The summed E-state index contributed by atoms with van der Waals surface area (Å²) < 4.78 is 80.8. The van der Waals surface area contributed by atoms with Gasteiger partial charge in [-0.2, -0.15) is 13.2 Å². The van der Waals surface area contributed by atoms with E-state index >= 15 is 0 Å². The average Bonchev–Trinajstić information content (AvgIpc) is 3.32. The van der Waals surface area contributed by atoms with Crippen LogP contribution in [-0.4, -0.2) is 62.1 Å². The molecule has 1 aromatic carbocycles. The number of aromatic amines is 1. The van der Waals surface area contributed by atoms with Gasteiger partial charge in [-0.1, -0.05) is 0 Å². The van der Waals surface area contributed by atoms with Crippen molar-refractivity contribution in [3.8, 4) is 5.75 Å². The maximum absolute atomic E-state index is 13.2. The Bertz CT molecular complexity index is 1390. The molecule has 40 heavy (non-hydrogen) atoms. The standard InChI is InChI=1S/C26H27F6N5O3/c27-25(28,29)24(39)8-3-15(4-9-24)21-35-20-17(5-10-34-22(20)36-21)14-6-11-37(12-7-14)23(38)18-2-1-16(13-19(18)33)40-26(30,31)32/h1-2,5,10,13-15,39H,3-4,6-9,11-12,33H2,(H,34,35,36)/t15-,24+. The maximum atomic E-state index is 13.2. The van der Waals surface area contributed by atoms with E-state index in [-0.39, 0.29) is 35.9 Å². The van der Waals surface area contributed by atoms with Crippen LogP contribution in [0, 0.1) is 0 Å². The summed E-state index contributed by atoms with van der Waals surface area (Å²) in [7, 11) is 0. The van der Waals surface area contributed by atoms with Gasteiger partial charge in [0.1, 0.15) is 17.1 Å². The molecule has 1 saturated heterocycles. The van der Waals surface area contributed by atoms with Crippen molar-refractivity contribution in [2.45, 2.75) is 68.5 Å². The summed E-state index contributed by atoms with van der Waals surface area (Å²) in [6.45, 7) is 0.757. The summed E-state index contributed by atoms with van der Waals surface area (Å²) in [5.74, 6) is -0.591. The number of nitrogens with zero attached hydrogens (tertiary/aromatic N) is 3. The number of imidazole rings is 1. The number of aromatic nitrogens is 3. The Morgan fingerprint density at radius 1 is 1.05 bits per heavy atom. The summed E-state index contributed by atoms with van der Waals surface area (Å²) in [6, 6.07) is 5.06. The monoisotopic (exact) mass is 571 g/mol. The van der Waals surface area contributed by atoms with Crippen LogP contribution in [-0.2, 0) is 0 Å². The first-order chi connectivity index (χ1) is 18.7. The van der Waals surface area contributed by atoms with Crippen LogP contribution in [0.1, 0.15) is 72.1 Å². The fraction of sp³-hybridized carbons (Fsp3) is 0.500. The fourth-order valence-electron chi connectivity index (χ4n) is 5.62. The van der Waals surface area contributed by atoms with Gasteiger partial charge in [0, 0.05) is 37.0 Å². The van der Waals surface area contributed by atoms with Crippen LogP contribution >= 0.6 is 0 Å². The molecule has 14 heteroatoms. The number of rotatable bonds is 4. The van der Waals surface area contributed by atoms with Crippen molar-refractivity contribution in [3.63, 3.8) is 0 Å². The molecular formula is C26H27F6N5O3. The smallest absolute Gasteiger partial charge is 0.406 e. The van der Waals surface area contributed by atoms with Crippen molar-refractivity contribution in [3.05, 3.63) is 47.4 Å². The van der Waals surface area contributed by atoms with Crippen molar-refractivity contribution in [2.24, 2.45) is 0 Å². The van der Waals surface area contributed by atoms with Crippen LogP contribution in [0.5, 0.6) is 5.75 Å². The number of piperidine rings is 1. The zero-order chi connectivity index (χ0) is 28.9. The first-order valence-corrected chi connectivity index (χ1v) is 12.8. The molecule has 3 heterocycles. The summed E-state index contributed by atoms with van der Waals surface area (Å²) in [5, 5.41) is 9.98. The van der Waals surface area contributed by atoms with E-state index in [2.05, 4.69) is 14.7 Å². The van der Waals surface area contributed by atoms with E-state index in [1.165, 1.54) is 6.07 Å². The van der Waals surface area contributed by atoms with Gasteiger partial charge < -0.3 is 25.5 Å². The molecule has 2 aliphatic rings. The highest BCUT2D eigenvalue weighted by Crippen LogP contribution is 2.46. The third kappa shape index (κ3) is 5.54. The second kappa shape index (κ2) is 10.1. The number of H-pyrrole nitrogens is 1. The molecule has 2 fully saturated rings. The molecule has 1 aliphatic carbocycles. The van der Waals surface area contributed by atoms with Gasteiger partial charge in [-0.25, -0.2) is 9.97 Å². The first kappa shape index (κ1) is 28.0. The molecule has 0 bridgehead atoms. The zero-order valence-electron chi connectivity index (χ0n) is 21.1. The molecule has 0 spiro atoms. The molecule has 216 valence electrons. The Labute approximate surface area is 224 Å². The SMILES string of the molecule is Nc1cc(OC(F)(F)F)ccc1C(=O)N1CCC(c2ccnc3[nH]c([C@H]4CC[C@](O)(C(F)(F)F)CC4)nc23)CC1. The van der Waals surface area contributed by atoms with Gasteiger partial charge in [0.2, 0.25) is 0 Å².